The Bertz CT molecular complexity index is 1100. The quantitative estimate of drug-likeness (QED) is 0.369. The summed E-state index contributed by atoms with van der Waals surface area (Å²) in [5.41, 5.74) is 1.66. The van der Waals surface area contributed by atoms with Crippen LogP contribution in [0.2, 0.25) is 5.02 Å². The van der Waals surface area contributed by atoms with Crippen LogP contribution >= 0.6 is 35.2 Å². The lowest BCUT2D eigenvalue weighted by Gasteiger charge is -2.28. The number of amides is 2. The number of carbonyl (C=O) groups is 2. The molecule has 2 amide bonds. The van der Waals surface area contributed by atoms with Crippen molar-refractivity contribution in [1.82, 2.24) is 5.32 Å². The van der Waals surface area contributed by atoms with Gasteiger partial charge in [-0.1, -0.05) is 41.9 Å². The highest BCUT2D eigenvalue weighted by molar-refractivity contribution is 7.80. The summed E-state index contributed by atoms with van der Waals surface area (Å²) in [4.78, 5) is 28.5. The highest BCUT2D eigenvalue weighted by Gasteiger charge is 2.34. The molecule has 2 heterocycles. The van der Waals surface area contributed by atoms with Crippen molar-refractivity contribution in [3.8, 4) is 10.4 Å². The standard InChI is InChI=1S/C21H13ClN2O2S2/c22-14-6-8-15(9-7-14)24-20(26)17(19(25)23-21(24)27)12-16-10-11-18(28-16)13-4-2-1-3-5-13/h1-12H,(H,23,25,27)/b17-12+. The highest BCUT2D eigenvalue weighted by Crippen LogP contribution is 2.30. The van der Waals surface area contributed by atoms with Gasteiger partial charge >= 0.3 is 0 Å². The minimum absolute atomic E-state index is 0.0324. The first-order valence-electron chi connectivity index (χ1n) is 8.35. The van der Waals surface area contributed by atoms with E-state index >= 15 is 0 Å². The lowest BCUT2D eigenvalue weighted by atomic mass is 10.1. The molecule has 1 aliphatic rings. The molecule has 2 aromatic carbocycles. The first-order chi connectivity index (χ1) is 13.5. The monoisotopic (exact) mass is 424 g/mol. The maximum absolute atomic E-state index is 13.0. The SMILES string of the molecule is O=C1NC(=S)N(c2ccc(Cl)cc2)C(=O)/C1=C/c1ccc(-c2ccccc2)s1. The van der Waals surface area contributed by atoms with Crippen LogP contribution in [0.3, 0.4) is 0 Å². The van der Waals surface area contributed by atoms with E-state index in [1.54, 1.807) is 30.3 Å². The Morgan fingerprint density at radius 1 is 0.964 bits per heavy atom. The maximum Gasteiger partial charge on any atom is 0.270 e. The molecule has 0 atom stereocenters. The van der Waals surface area contributed by atoms with Crippen LogP contribution < -0.4 is 10.2 Å². The van der Waals surface area contributed by atoms with Crippen molar-refractivity contribution >= 4 is 63.8 Å². The van der Waals surface area contributed by atoms with E-state index < -0.39 is 11.8 Å². The zero-order valence-corrected chi connectivity index (χ0v) is 16.8. The predicted octanol–water partition coefficient (Wildman–Crippen LogP) is 4.90. The molecule has 138 valence electrons. The van der Waals surface area contributed by atoms with Crippen molar-refractivity contribution in [2.75, 3.05) is 4.90 Å². The molecular formula is C21H13ClN2O2S2. The molecule has 7 heteroatoms. The summed E-state index contributed by atoms with van der Waals surface area (Å²) in [5, 5.41) is 3.18. The Kier molecular flexibility index (Phi) is 5.09. The van der Waals surface area contributed by atoms with Gasteiger partial charge in [0.25, 0.3) is 11.8 Å². The molecule has 4 nitrogen and oxygen atoms in total. The predicted molar refractivity (Wildman–Crippen MR) is 117 cm³/mol. The van der Waals surface area contributed by atoms with Gasteiger partial charge in [0.05, 0.1) is 5.69 Å². The van der Waals surface area contributed by atoms with E-state index in [2.05, 4.69) is 5.32 Å². The van der Waals surface area contributed by atoms with Gasteiger partial charge < -0.3 is 0 Å². The minimum Gasteiger partial charge on any atom is -0.298 e. The van der Waals surface area contributed by atoms with Crippen LogP contribution in [-0.2, 0) is 9.59 Å². The Hall–Kier alpha value is -2.80. The Morgan fingerprint density at radius 2 is 1.68 bits per heavy atom. The van der Waals surface area contributed by atoms with Crippen LogP contribution in [0.1, 0.15) is 4.88 Å². The second kappa shape index (κ2) is 7.67. The highest BCUT2D eigenvalue weighted by atomic mass is 35.5. The van der Waals surface area contributed by atoms with Gasteiger partial charge in [0.15, 0.2) is 5.11 Å². The number of rotatable bonds is 3. The molecule has 1 aromatic heterocycles. The molecule has 1 saturated heterocycles. The molecule has 1 N–H and O–H groups in total. The van der Waals surface area contributed by atoms with Crippen LogP contribution in [0.5, 0.6) is 0 Å². The van der Waals surface area contributed by atoms with E-state index in [0.29, 0.717) is 10.7 Å². The second-order valence-electron chi connectivity index (χ2n) is 6.00. The molecule has 1 fully saturated rings. The molecule has 0 bridgehead atoms. The van der Waals surface area contributed by atoms with Gasteiger partial charge in [-0.05, 0) is 60.3 Å². The zero-order chi connectivity index (χ0) is 19.7. The minimum atomic E-state index is -0.505. The van der Waals surface area contributed by atoms with Crippen LogP contribution in [0.15, 0.2) is 72.3 Å². The van der Waals surface area contributed by atoms with Crippen LogP contribution in [0, 0.1) is 0 Å². The van der Waals surface area contributed by atoms with Gasteiger partial charge in [-0.3, -0.25) is 19.8 Å². The first-order valence-corrected chi connectivity index (χ1v) is 9.95. The third-order valence-electron chi connectivity index (χ3n) is 4.16. The van der Waals surface area contributed by atoms with Crippen molar-refractivity contribution in [3.05, 3.63) is 82.2 Å². The summed E-state index contributed by atoms with van der Waals surface area (Å²) in [6, 6.07) is 20.5. The summed E-state index contributed by atoms with van der Waals surface area (Å²) < 4.78 is 0. The molecule has 0 radical (unpaired) electrons. The average molecular weight is 425 g/mol. The van der Waals surface area contributed by atoms with Crippen molar-refractivity contribution in [1.29, 1.82) is 0 Å². The second-order valence-corrected chi connectivity index (χ2v) is 7.94. The van der Waals surface area contributed by atoms with Crippen molar-refractivity contribution in [2.24, 2.45) is 0 Å². The van der Waals surface area contributed by atoms with Crippen molar-refractivity contribution < 1.29 is 9.59 Å². The Morgan fingerprint density at radius 3 is 2.39 bits per heavy atom. The lowest BCUT2D eigenvalue weighted by Crippen LogP contribution is -2.54. The lowest BCUT2D eigenvalue weighted by molar-refractivity contribution is -0.122. The number of anilines is 1. The number of hydrogen-bond acceptors (Lipinski definition) is 4. The van der Waals surface area contributed by atoms with Gasteiger partial charge in [-0.15, -0.1) is 11.3 Å². The number of nitrogens with one attached hydrogen (secondary N) is 1. The smallest absolute Gasteiger partial charge is 0.270 e. The Balaban J connectivity index is 1.67. The third kappa shape index (κ3) is 3.62. The van der Waals surface area contributed by atoms with Crippen LogP contribution in [0.4, 0.5) is 5.69 Å². The summed E-state index contributed by atoms with van der Waals surface area (Å²) in [6.07, 6.45) is 1.60. The van der Waals surface area contributed by atoms with Gasteiger partial charge in [0.1, 0.15) is 5.57 Å². The van der Waals surface area contributed by atoms with E-state index in [-0.39, 0.29) is 10.7 Å². The van der Waals surface area contributed by atoms with Crippen molar-refractivity contribution in [3.63, 3.8) is 0 Å². The van der Waals surface area contributed by atoms with Crippen molar-refractivity contribution in [2.45, 2.75) is 0 Å². The summed E-state index contributed by atoms with van der Waals surface area (Å²) >= 11 is 12.6. The number of thiocarbonyl (C=S) groups is 1. The Labute approximate surface area is 176 Å². The van der Waals surface area contributed by atoms with Crippen LogP contribution in [0.25, 0.3) is 16.5 Å². The fourth-order valence-electron chi connectivity index (χ4n) is 2.81. The number of benzene rings is 2. The molecule has 1 aliphatic heterocycles. The van der Waals surface area contributed by atoms with Crippen LogP contribution in [-0.4, -0.2) is 16.9 Å². The van der Waals surface area contributed by atoms with Gasteiger partial charge in [-0.2, -0.15) is 0 Å². The average Bonchev–Trinajstić information content (AvgIpc) is 3.16. The zero-order valence-electron chi connectivity index (χ0n) is 14.4. The first kappa shape index (κ1) is 18.6. The largest absolute Gasteiger partial charge is 0.298 e. The fraction of sp³-hybridized carbons (Fsp3) is 0. The number of hydrogen-bond donors (Lipinski definition) is 1. The molecule has 3 aromatic rings. The maximum atomic E-state index is 13.0. The van der Waals surface area contributed by atoms with Gasteiger partial charge in [0.2, 0.25) is 0 Å². The van der Waals surface area contributed by atoms with Gasteiger partial charge in [-0.25, -0.2) is 0 Å². The van der Waals surface area contributed by atoms with E-state index in [1.165, 1.54) is 16.2 Å². The summed E-state index contributed by atoms with van der Waals surface area (Å²) in [5.74, 6) is -0.972. The van der Waals surface area contributed by atoms with E-state index in [0.717, 1.165) is 15.3 Å². The molecule has 28 heavy (non-hydrogen) atoms. The number of carbonyl (C=O) groups excluding carboxylic acids is 2. The molecule has 0 saturated carbocycles. The summed E-state index contributed by atoms with van der Waals surface area (Å²) in [6.45, 7) is 0. The number of thiophene rings is 1. The van der Waals surface area contributed by atoms with E-state index in [4.69, 9.17) is 23.8 Å². The van der Waals surface area contributed by atoms with Gasteiger partial charge in [0, 0.05) is 14.8 Å². The molecular weight excluding hydrogens is 412 g/mol. The normalized spacial score (nSPS) is 15.8. The topological polar surface area (TPSA) is 49.4 Å². The number of halogens is 1. The molecule has 0 aliphatic carbocycles. The fourth-order valence-corrected chi connectivity index (χ4v) is 4.18. The van der Waals surface area contributed by atoms with E-state index in [9.17, 15) is 9.59 Å². The van der Waals surface area contributed by atoms with E-state index in [1.807, 2.05) is 42.5 Å². The third-order valence-corrected chi connectivity index (χ3v) is 5.78. The molecule has 4 rings (SSSR count). The molecule has 0 unspecified atom stereocenters. The summed E-state index contributed by atoms with van der Waals surface area (Å²) in [7, 11) is 0. The molecule has 0 spiro atoms. The number of nitrogens with zero attached hydrogens (tertiary/aromatic N) is 1.